The summed E-state index contributed by atoms with van der Waals surface area (Å²) in [6.45, 7) is 17.4. The number of ketones is 1. The van der Waals surface area contributed by atoms with E-state index in [4.69, 9.17) is 4.74 Å². The molecule has 0 aromatic heterocycles. The summed E-state index contributed by atoms with van der Waals surface area (Å²) in [6.07, 6.45) is 0.0327. The van der Waals surface area contributed by atoms with Gasteiger partial charge in [-0.25, -0.2) is 4.79 Å². The van der Waals surface area contributed by atoms with Crippen LogP contribution in [0.15, 0.2) is 30.3 Å². The molecule has 0 spiro atoms. The summed E-state index contributed by atoms with van der Waals surface area (Å²) >= 11 is 0. The predicted molar refractivity (Wildman–Crippen MR) is 192 cm³/mol. The summed E-state index contributed by atoms with van der Waals surface area (Å²) in [5, 5.41) is 10.3. The normalized spacial score (nSPS) is 18.8. The number of hydrogen-bond acceptors (Lipinski definition) is 8. The van der Waals surface area contributed by atoms with E-state index in [1.165, 1.54) is 9.80 Å². The third-order valence-electron chi connectivity index (χ3n) is 8.49. The monoisotopic (exact) mass is 714 g/mol. The van der Waals surface area contributed by atoms with E-state index in [1.54, 1.807) is 99.8 Å². The fourth-order valence-electron chi connectivity index (χ4n) is 6.12. The molecule has 1 aliphatic heterocycles. The van der Waals surface area contributed by atoms with E-state index in [-0.39, 0.29) is 25.3 Å². The average Bonchev–Trinajstić information content (AvgIpc) is 3.28. The summed E-state index contributed by atoms with van der Waals surface area (Å²) in [5.41, 5.74) is -2.95. The number of alkyl carbamates (subject to hydrolysis) is 1. The van der Waals surface area contributed by atoms with Gasteiger partial charge in [0, 0.05) is 20.6 Å². The van der Waals surface area contributed by atoms with Gasteiger partial charge in [-0.1, -0.05) is 78.3 Å². The quantitative estimate of drug-likeness (QED) is 0.225. The van der Waals surface area contributed by atoms with E-state index in [2.05, 4.69) is 21.3 Å². The molecule has 6 amide bonds. The van der Waals surface area contributed by atoms with Crippen molar-refractivity contribution >= 4 is 41.4 Å². The minimum atomic E-state index is -1.44. The van der Waals surface area contributed by atoms with Crippen molar-refractivity contribution in [3.63, 3.8) is 0 Å². The molecule has 51 heavy (non-hydrogen) atoms. The molecule has 1 fully saturated rings. The first-order valence-corrected chi connectivity index (χ1v) is 17.3. The Hall–Kier alpha value is -4.49. The van der Waals surface area contributed by atoms with Crippen molar-refractivity contribution in [2.45, 2.75) is 118 Å². The first-order chi connectivity index (χ1) is 23.3. The number of hydrogen-bond donors (Lipinski definition) is 4. The number of nitrogens with one attached hydrogen (secondary N) is 4. The zero-order valence-corrected chi connectivity index (χ0v) is 32.3. The second kappa shape index (κ2) is 16.7. The second-order valence-electron chi connectivity index (χ2n) is 16.5. The van der Waals surface area contributed by atoms with Gasteiger partial charge in [0.25, 0.3) is 5.91 Å². The van der Waals surface area contributed by atoms with Gasteiger partial charge in [-0.2, -0.15) is 0 Å². The van der Waals surface area contributed by atoms with Crippen LogP contribution < -0.4 is 21.3 Å². The lowest BCUT2D eigenvalue weighted by Crippen LogP contribution is -2.63. The van der Waals surface area contributed by atoms with Crippen LogP contribution in [-0.2, 0) is 33.5 Å². The molecular weight excluding hydrogens is 656 g/mol. The molecule has 1 heterocycles. The Bertz CT molecular complexity index is 1460. The van der Waals surface area contributed by atoms with E-state index in [1.807, 2.05) is 13.8 Å². The fraction of sp³-hybridized carbons (Fsp3) is 0.649. The highest BCUT2D eigenvalue weighted by Crippen LogP contribution is 2.42. The Balaban J connectivity index is 2.24. The summed E-state index contributed by atoms with van der Waals surface area (Å²) in [6, 6.07) is 5.31. The predicted octanol–water partition coefficient (Wildman–Crippen LogP) is 2.86. The highest BCUT2D eigenvalue weighted by atomic mass is 16.6. The van der Waals surface area contributed by atoms with Gasteiger partial charge in [0.1, 0.15) is 23.2 Å². The standard InChI is InChI=1S/C37H58N6O8/c1-13-17-24(27(45)29(46)38-20-25(44)40-26(30(47)42(11)12)23-18-15-14-16-19-23)39-32(49)37(10)21-36(8,9)22-43(37)31(48)28(34(2,3)4)41-33(50)51-35(5,6)7/h14-16,18-19,24,26,28H,13,17,20-22H2,1-12H3,(H,38,46)(H,39,49)(H,40,44)(H,41,50). The number of likely N-dealkylation sites (tertiary alicyclic amines) is 1. The van der Waals surface area contributed by atoms with Crippen LogP contribution >= 0.6 is 0 Å². The molecule has 1 aromatic rings. The fourth-order valence-corrected chi connectivity index (χ4v) is 6.12. The molecule has 4 N–H and O–H groups in total. The largest absolute Gasteiger partial charge is 0.444 e. The zero-order valence-electron chi connectivity index (χ0n) is 32.3. The molecule has 4 unspecified atom stereocenters. The average molecular weight is 715 g/mol. The van der Waals surface area contributed by atoms with E-state index in [9.17, 15) is 33.6 Å². The molecule has 0 radical (unpaired) electrons. The van der Waals surface area contributed by atoms with Gasteiger partial charge in [0.2, 0.25) is 29.4 Å². The Morgan fingerprint density at radius 2 is 1.49 bits per heavy atom. The topological polar surface area (TPSA) is 183 Å². The van der Waals surface area contributed by atoms with Crippen LogP contribution in [0.3, 0.4) is 0 Å². The van der Waals surface area contributed by atoms with Crippen molar-refractivity contribution in [2.75, 3.05) is 27.2 Å². The molecule has 14 heteroatoms. The van der Waals surface area contributed by atoms with Crippen LogP contribution in [0.5, 0.6) is 0 Å². The SMILES string of the molecule is CCCC(NC(=O)C1(C)CC(C)(C)CN1C(=O)C(NC(=O)OC(C)(C)C)C(C)(C)C)C(=O)C(=O)NCC(=O)NC(C(=O)N(C)C)c1ccccc1. The minimum absolute atomic E-state index is 0.121. The molecule has 4 atom stereocenters. The van der Waals surface area contributed by atoms with Crippen molar-refractivity contribution in [3.05, 3.63) is 35.9 Å². The maximum atomic E-state index is 14.2. The summed E-state index contributed by atoms with van der Waals surface area (Å²) in [4.78, 5) is 96.0. The lowest BCUT2D eigenvalue weighted by molar-refractivity contribution is -0.148. The van der Waals surface area contributed by atoms with Crippen LogP contribution in [0.25, 0.3) is 0 Å². The molecule has 0 saturated carbocycles. The highest BCUT2D eigenvalue weighted by Gasteiger charge is 2.55. The minimum Gasteiger partial charge on any atom is -0.444 e. The molecule has 1 saturated heterocycles. The number of likely N-dealkylation sites (N-methyl/N-ethyl adjacent to an activating group) is 1. The number of carbonyl (C=O) groups excluding carboxylic acids is 7. The Kier molecular flexibility index (Phi) is 14.0. The molecule has 14 nitrogen and oxygen atoms in total. The van der Waals surface area contributed by atoms with E-state index in [0.717, 1.165) is 0 Å². The summed E-state index contributed by atoms with van der Waals surface area (Å²) < 4.78 is 5.42. The van der Waals surface area contributed by atoms with Gasteiger partial charge in [0.15, 0.2) is 0 Å². The molecule has 0 bridgehead atoms. The van der Waals surface area contributed by atoms with Crippen LogP contribution in [-0.4, -0.2) is 102 Å². The molecule has 1 aromatic carbocycles. The first-order valence-electron chi connectivity index (χ1n) is 17.3. The molecule has 1 aliphatic rings. The number of amides is 6. The van der Waals surface area contributed by atoms with Crippen LogP contribution in [0.1, 0.15) is 100 Å². The molecule has 0 aliphatic carbocycles. The van der Waals surface area contributed by atoms with Gasteiger partial charge in [-0.3, -0.25) is 28.8 Å². The lowest BCUT2D eigenvalue weighted by Gasteiger charge is -2.40. The number of carbonyl (C=O) groups is 7. The van der Waals surface area contributed by atoms with Gasteiger partial charge in [0.05, 0.1) is 12.6 Å². The van der Waals surface area contributed by atoms with Crippen molar-refractivity contribution in [1.29, 1.82) is 0 Å². The maximum Gasteiger partial charge on any atom is 0.408 e. The summed E-state index contributed by atoms with van der Waals surface area (Å²) in [7, 11) is 3.11. The third-order valence-corrected chi connectivity index (χ3v) is 8.49. The number of nitrogens with zero attached hydrogens (tertiary/aromatic N) is 2. The van der Waals surface area contributed by atoms with E-state index in [0.29, 0.717) is 12.0 Å². The van der Waals surface area contributed by atoms with Crippen molar-refractivity contribution < 1.29 is 38.3 Å². The van der Waals surface area contributed by atoms with Gasteiger partial charge >= 0.3 is 6.09 Å². The molecule has 284 valence electrons. The highest BCUT2D eigenvalue weighted by molar-refractivity contribution is 6.38. The maximum absolute atomic E-state index is 14.2. The number of benzene rings is 1. The Morgan fingerprint density at radius 3 is 2.00 bits per heavy atom. The molecule has 2 rings (SSSR count). The van der Waals surface area contributed by atoms with Crippen molar-refractivity contribution in [1.82, 2.24) is 31.1 Å². The van der Waals surface area contributed by atoms with Gasteiger partial charge in [-0.05, 0) is 56.9 Å². The number of ether oxygens (including phenoxy) is 1. The second-order valence-corrected chi connectivity index (χ2v) is 16.5. The van der Waals surface area contributed by atoms with Gasteiger partial charge in [-0.15, -0.1) is 0 Å². The van der Waals surface area contributed by atoms with Crippen molar-refractivity contribution in [3.8, 4) is 0 Å². The summed E-state index contributed by atoms with van der Waals surface area (Å²) in [5.74, 6) is -4.23. The third kappa shape index (κ3) is 11.8. The Labute approximate surface area is 302 Å². The van der Waals surface area contributed by atoms with E-state index < -0.39 is 82.1 Å². The van der Waals surface area contributed by atoms with Crippen LogP contribution in [0.4, 0.5) is 4.79 Å². The number of rotatable bonds is 13. The Morgan fingerprint density at radius 1 is 0.902 bits per heavy atom. The van der Waals surface area contributed by atoms with Crippen LogP contribution in [0.2, 0.25) is 0 Å². The number of Topliss-reactive ketones (excluding diaryl/α,β-unsaturated/α-hetero) is 1. The smallest absolute Gasteiger partial charge is 0.408 e. The zero-order chi connectivity index (χ0) is 39.1. The van der Waals surface area contributed by atoms with E-state index >= 15 is 0 Å². The van der Waals surface area contributed by atoms with Crippen molar-refractivity contribution in [2.24, 2.45) is 10.8 Å². The van der Waals surface area contributed by atoms with Gasteiger partial charge < -0.3 is 35.8 Å². The lowest BCUT2D eigenvalue weighted by atomic mass is 9.83. The van der Waals surface area contributed by atoms with Crippen LogP contribution in [0, 0.1) is 10.8 Å². The first kappa shape index (κ1) is 42.7. The molecular formula is C37H58N6O8.